The molecule has 1 fully saturated rings. The predicted molar refractivity (Wildman–Crippen MR) is 129 cm³/mol. The zero-order chi connectivity index (χ0) is 23.7. The molecule has 5 rings (SSSR count). The molecular formula is C28H26FN3O2. The molecule has 0 N–H and O–H groups in total. The number of carbonyl (C=O) groups is 1. The van der Waals surface area contributed by atoms with Crippen LogP contribution in [0, 0.1) is 12.7 Å². The Morgan fingerprint density at radius 2 is 1.79 bits per heavy atom. The van der Waals surface area contributed by atoms with Crippen LogP contribution in [0.1, 0.15) is 34.3 Å². The summed E-state index contributed by atoms with van der Waals surface area (Å²) in [4.78, 5) is 15.3. The van der Waals surface area contributed by atoms with Crippen LogP contribution in [-0.4, -0.2) is 26.6 Å². The van der Waals surface area contributed by atoms with E-state index in [1.165, 1.54) is 12.1 Å². The molecule has 5 nitrogen and oxygen atoms in total. The Bertz CT molecular complexity index is 1310. The molecule has 34 heavy (non-hydrogen) atoms. The third-order valence-electron chi connectivity index (χ3n) is 6.01. The van der Waals surface area contributed by atoms with E-state index < -0.39 is 0 Å². The second-order valence-electron chi connectivity index (χ2n) is 8.71. The first-order valence-electron chi connectivity index (χ1n) is 11.4. The van der Waals surface area contributed by atoms with Crippen LogP contribution in [0.4, 0.5) is 4.39 Å². The van der Waals surface area contributed by atoms with Crippen molar-refractivity contribution < 1.29 is 13.9 Å². The smallest absolute Gasteiger partial charge is 0.254 e. The van der Waals surface area contributed by atoms with Crippen molar-refractivity contribution >= 4 is 5.91 Å². The SMILES string of the molecule is Cc1cccc(Oc2c(CN(C(=O)c3ccc(F)cc3)C3CC3)c(-c3ccccc3)nn2C)c1. The van der Waals surface area contributed by atoms with Gasteiger partial charge in [-0.1, -0.05) is 42.5 Å². The minimum atomic E-state index is -0.359. The Balaban J connectivity index is 1.56. The van der Waals surface area contributed by atoms with Gasteiger partial charge in [0.25, 0.3) is 5.91 Å². The summed E-state index contributed by atoms with van der Waals surface area (Å²) in [5.74, 6) is 0.836. The molecule has 1 heterocycles. The molecule has 0 spiro atoms. The molecule has 172 valence electrons. The number of aryl methyl sites for hydroxylation is 2. The van der Waals surface area contributed by atoms with Gasteiger partial charge in [-0.05, 0) is 61.7 Å². The summed E-state index contributed by atoms with van der Waals surface area (Å²) in [5.41, 5.74) is 4.15. The van der Waals surface area contributed by atoms with Crippen molar-refractivity contribution in [3.8, 4) is 22.9 Å². The largest absolute Gasteiger partial charge is 0.439 e. The summed E-state index contributed by atoms with van der Waals surface area (Å²) in [5, 5.41) is 4.78. The molecule has 0 aliphatic heterocycles. The first-order valence-corrected chi connectivity index (χ1v) is 11.4. The molecule has 3 aromatic carbocycles. The van der Waals surface area contributed by atoms with Gasteiger partial charge in [0.2, 0.25) is 5.88 Å². The van der Waals surface area contributed by atoms with Crippen LogP contribution in [0.25, 0.3) is 11.3 Å². The minimum absolute atomic E-state index is 0.119. The fourth-order valence-corrected chi connectivity index (χ4v) is 4.12. The minimum Gasteiger partial charge on any atom is -0.439 e. The number of amides is 1. The van der Waals surface area contributed by atoms with E-state index >= 15 is 0 Å². The lowest BCUT2D eigenvalue weighted by atomic mass is 10.1. The number of nitrogens with zero attached hydrogens (tertiary/aromatic N) is 3. The van der Waals surface area contributed by atoms with Crippen molar-refractivity contribution in [3.05, 3.63) is 101 Å². The number of carbonyl (C=O) groups excluding carboxylic acids is 1. The summed E-state index contributed by atoms with van der Waals surface area (Å²) in [6.07, 6.45) is 1.89. The highest BCUT2D eigenvalue weighted by atomic mass is 19.1. The summed E-state index contributed by atoms with van der Waals surface area (Å²) >= 11 is 0. The van der Waals surface area contributed by atoms with E-state index in [-0.39, 0.29) is 17.8 Å². The van der Waals surface area contributed by atoms with Gasteiger partial charge in [-0.2, -0.15) is 5.10 Å². The van der Waals surface area contributed by atoms with Crippen LogP contribution >= 0.6 is 0 Å². The van der Waals surface area contributed by atoms with Crippen molar-refractivity contribution in [1.29, 1.82) is 0 Å². The number of benzene rings is 3. The highest BCUT2D eigenvalue weighted by Crippen LogP contribution is 2.37. The Morgan fingerprint density at radius 3 is 2.47 bits per heavy atom. The molecule has 6 heteroatoms. The molecule has 1 saturated carbocycles. The van der Waals surface area contributed by atoms with E-state index in [2.05, 4.69) is 0 Å². The zero-order valence-electron chi connectivity index (χ0n) is 19.2. The van der Waals surface area contributed by atoms with Crippen molar-refractivity contribution in [2.75, 3.05) is 0 Å². The van der Waals surface area contributed by atoms with Gasteiger partial charge < -0.3 is 9.64 Å². The lowest BCUT2D eigenvalue weighted by Crippen LogP contribution is -2.32. The maximum atomic E-state index is 13.4. The third kappa shape index (κ3) is 4.57. The van der Waals surface area contributed by atoms with E-state index in [1.807, 2.05) is 73.5 Å². The van der Waals surface area contributed by atoms with Gasteiger partial charge >= 0.3 is 0 Å². The molecule has 0 saturated heterocycles. The Hall–Kier alpha value is -3.93. The molecule has 0 radical (unpaired) electrons. The molecule has 4 aromatic rings. The second kappa shape index (κ2) is 9.14. The van der Waals surface area contributed by atoms with Gasteiger partial charge in [-0.3, -0.25) is 4.79 Å². The fourth-order valence-electron chi connectivity index (χ4n) is 4.12. The first kappa shape index (κ1) is 21.9. The van der Waals surface area contributed by atoms with E-state index in [9.17, 15) is 9.18 Å². The quantitative estimate of drug-likeness (QED) is 0.337. The van der Waals surface area contributed by atoms with Gasteiger partial charge in [0, 0.05) is 24.2 Å². The standard InChI is InChI=1S/C28H26FN3O2/c1-19-7-6-10-24(17-19)34-28-25(26(30-31(28)2)20-8-4-3-5-9-20)18-32(23-15-16-23)27(33)21-11-13-22(29)14-12-21/h3-14,17,23H,15-16,18H2,1-2H3. The van der Waals surface area contributed by atoms with Crippen LogP contribution in [0.5, 0.6) is 11.6 Å². The Labute approximate surface area is 198 Å². The Kier molecular flexibility index (Phi) is 5.88. The van der Waals surface area contributed by atoms with Gasteiger partial charge in [-0.15, -0.1) is 0 Å². The van der Waals surface area contributed by atoms with Gasteiger partial charge in [0.1, 0.15) is 17.3 Å². The van der Waals surface area contributed by atoms with Crippen molar-refractivity contribution in [2.45, 2.75) is 32.4 Å². The summed E-state index contributed by atoms with van der Waals surface area (Å²) in [6.45, 7) is 2.36. The molecular weight excluding hydrogens is 429 g/mol. The molecule has 1 aliphatic rings. The highest BCUT2D eigenvalue weighted by molar-refractivity contribution is 5.94. The van der Waals surface area contributed by atoms with Gasteiger partial charge in [0.15, 0.2) is 0 Å². The lowest BCUT2D eigenvalue weighted by Gasteiger charge is -2.23. The van der Waals surface area contributed by atoms with E-state index in [0.29, 0.717) is 23.7 Å². The van der Waals surface area contributed by atoms with Crippen molar-refractivity contribution in [3.63, 3.8) is 0 Å². The highest BCUT2D eigenvalue weighted by Gasteiger charge is 2.35. The summed E-state index contributed by atoms with van der Waals surface area (Å²) in [7, 11) is 1.85. The zero-order valence-corrected chi connectivity index (χ0v) is 19.2. The van der Waals surface area contributed by atoms with E-state index in [4.69, 9.17) is 9.84 Å². The number of hydrogen-bond acceptors (Lipinski definition) is 3. The maximum absolute atomic E-state index is 13.4. The molecule has 0 unspecified atom stereocenters. The first-order chi connectivity index (χ1) is 16.5. The van der Waals surface area contributed by atoms with Crippen molar-refractivity contribution in [1.82, 2.24) is 14.7 Å². The maximum Gasteiger partial charge on any atom is 0.254 e. The fraction of sp³-hybridized carbons (Fsp3) is 0.214. The van der Waals surface area contributed by atoms with Crippen molar-refractivity contribution in [2.24, 2.45) is 7.05 Å². The average Bonchev–Trinajstić information content (AvgIpc) is 3.64. The topological polar surface area (TPSA) is 47.4 Å². The van der Waals surface area contributed by atoms with Gasteiger partial charge in [-0.25, -0.2) is 9.07 Å². The summed E-state index contributed by atoms with van der Waals surface area (Å²) < 4.78 is 21.5. The Morgan fingerprint density at radius 1 is 1.06 bits per heavy atom. The number of hydrogen-bond donors (Lipinski definition) is 0. The van der Waals surface area contributed by atoms with E-state index in [0.717, 1.165) is 35.2 Å². The summed E-state index contributed by atoms with van der Waals surface area (Å²) in [6, 6.07) is 23.6. The van der Waals surface area contributed by atoms with E-state index in [1.54, 1.807) is 16.8 Å². The molecule has 0 atom stereocenters. The number of rotatable bonds is 7. The van der Waals surface area contributed by atoms with Crippen LogP contribution in [-0.2, 0) is 13.6 Å². The molecule has 1 amide bonds. The molecule has 1 aromatic heterocycles. The van der Waals surface area contributed by atoms with Crippen LogP contribution in [0.3, 0.4) is 0 Å². The second-order valence-corrected chi connectivity index (χ2v) is 8.71. The molecule has 1 aliphatic carbocycles. The predicted octanol–water partition coefficient (Wildman–Crippen LogP) is 6.13. The van der Waals surface area contributed by atoms with Crippen LogP contribution < -0.4 is 4.74 Å². The number of aromatic nitrogens is 2. The normalized spacial score (nSPS) is 13.0. The average molecular weight is 456 g/mol. The number of halogens is 1. The van der Waals surface area contributed by atoms with Crippen LogP contribution in [0.15, 0.2) is 78.9 Å². The molecule has 0 bridgehead atoms. The number of ether oxygens (including phenoxy) is 1. The third-order valence-corrected chi connectivity index (χ3v) is 6.01. The van der Waals surface area contributed by atoms with Gasteiger partial charge in [0.05, 0.1) is 12.1 Å². The monoisotopic (exact) mass is 455 g/mol. The lowest BCUT2D eigenvalue weighted by molar-refractivity contribution is 0.0729. The van der Waals surface area contributed by atoms with Crippen LogP contribution in [0.2, 0.25) is 0 Å².